The van der Waals surface area contributed by atoms with Crippen LogP contribution in [0.15, 0.2) is 24.8 Å². The SMILES string of the molecule is C=CC1CCC(C2CCC(C3CCC(OC/C=C/C)CC3)CC2)CC1. The van der Waals surface area contributed by atoms with E-state index in [9.17, 15) is 0 Å². The van der Waals surface area contributed by atoms with Gasteiger partial charge in [0, 0.05) is 0 Å². The molecular formula is C24H40O. The molecule has 0 radical (unpaired) electrons. The van der Waals surface area contributed by atoms with Crippen LogP contribution in [-0.2, 0) is 4.74 Å². The summed E-state index contributed by atoms with van der Waals surface area (Å²) in [7, 11) is 0. The van der Waals surface area contributed by atoms with Crippen molar-refractivity contribution in [2.45, 2.75) is 90.1 Å². The lowest BCUT2D eigenvalue weighted by molar-refractivity contribution is 0.0189. The second kappa shape index (κ2) is 9.95. The van der Waals surface area contributed by atoms with Crippen molar-refractivity contribution in [3.63, 3.8) is 0 Å². The maximum Gasteiger partial charge on any atom is 0.0651 e. The molecule has 0 aliphatic heterocycles. The Morgan fingerprint density at radius 2 is 1.16 bits per heavy atom. The van der Waals surface area contributed by atoms with Crippen LogP contribution in [-0.4, -0.2) is 12.7 Å². The Bertz CT molecular complexity index is 402. The molecule has 3 fully saturated rings. The molecule has 0 spiro atoms. The van der Waals surface area contributed by atoms with Crippen molar-refractivity contribution < 1.29 is 4.74 Å². The molecular weight excluding hydrogens is 304 g/mol. The van der Waals surface area contributed by atoms with E-state index in [0.717, 1.165) is 36.2 Å². The van der Waals surface area contributed by atoms with Crippen LogP contribution >= 0.6 is 0 Å². The molecule has 0 amide bonds. The summed E-state index contributed by atoms with van der Waals surface area (Å²) in [6, 6.07) is 0. The van der Waals surface area contributed by atoms with E-state index in [2.05, 4.69) is 31.7 Å². The van der Waals surface area contributed by atoms with Gasteiger partial charge >= 0.3 is 0 Å². The summed E-state index contributed by atoms with van der Waals surface area (Å²) in [6.45, 7) is 6.88. The Kier molecular flexibility index (Phi) is 7.65. The Morgan fingerprint density at radius 1 is 0.720 bits per heavy atom. The van der Waals surface area contributed by atoms with Gasteiger partial charge in [-0.05, 0) is 114 Å². The molecule has 0 heterocycles. The Morgan fingerprint density at radius 3 is 1.60 bits per heavy atom. The summed E-state index contributed by atoms with van der Waals surface area (Å²) in [6.07, 6.45) is 24.2. The van der Waals surface area contributed by atoms with Gasteiger partial charge in [0.05, 0.1) is 12.7 Å². The van der Waals surface area contributed by atoms with E-state index in [4.69, 9.17) is 4.74 Å². The number of hydrogen-bond donors (Lipinski definition) is 0. The van der Waals surface area contributed by atoms with E-state index in [1.54, 1.807) is 0 Å². The van der Waals surface area contributed by atoms with Crippen LogP contribution < -0.4 is 0 Å². The van der Waals surface area contributed by atoms with Crippen molar-refractivity contribution >= 4 is 0 Å². The molecule has 0 aromatic rings. The zero-order valence-electron chi connectivity index (χ0n) is 16.5. The van der Waals surface area contributed by atoms with Crippen molar-refractivity contribution in [1.82, 2.24) is 0 Å². The number of ether oxygens (including phenoxy) is 1. The van der Waals surface area contributed by atoms with Crippen LogP contribution in [0.2, 0.25) is 0 Å². The Labute approximate surface area is 156 Å². The molecule has 3 rings (SSSR count). The van der Waals surface area contributed by atoms with Crippen molar-refractivity contribution in [2.75, 3.05) is 6.61 Å². The van der Waals surface area contributed by atoms with Crippen molar-refractivity contribution in [2.24, 2.45) is 29.6 Å². The maximum atomic E-state index is 5.98. The molecule has 3 aliphatic carbocycles. The summed E-state index contributed by atoms with van der Waals surface area (Å²) in [5.74, 6) is 4.92. The highest BCUT2D eigenvalue weighted by molar-refractivity contribution is 4.89. The predicted molar refractivity (Wildman–Crippen MR) is 108 cm³/mol. The van der Waals surface area contributed by atoms with E-state index >= 15 is 0 Å². The summed E-state index contributed by atoms with van der Waals surface area (Å²) in [5.41, 5.74) is 0. The van der Waals surface area contributed by atoms with Crippen LogP contribution in [0.5, 0.6) is 0 Å². The fourth-order valence-corrected chi connectivity index (χ4v) is 5.95. The third kappa shape index (κ3) is 5.46. The molecule has 0 aromatic heterocycles. The highest BCUT2D eigenvalue weighted by Gasteiger charge is 2.34. The summed E-state index contributed by atoms with van der Waals surface area (Å²) in [4.78, 5) is 0. The van der Waals surface area contributed by atoms with Crippen molar-refractivity contribution in [3.05, 3.63) is 24.8 Å². The average Bonchev–Trinajstić information content (AvgIpc) is 2.69. The van der Waals surface area contributed by atoms with Crippen molar-refractivity contribution in [1.29, 1.82) is 0 Å². The van der Waals surface area contributed by atoms with Gasteiger partial charge in [0.2, 0.25) is 0 Å². The third-order valence-corrected chi connectivity index (χ3v) is 7.68. The molecule has 3 saturated carbocycles. The molecule has 1 heteroatoms. The van der Waals surface area contributed by atoms with Gasteiger partial charge in [-0.15, -0.1) is 6.58 Å². The molecule has 0 aromatic carbocycles. The smallest absolute Gasteiger partial charge is 0.0651 e. The predicted octanol–water partition coefficient (Wildman–Crippen LogP) is 6.94. The minimum atomic E-state index is 0.531. The quantitative estimate of drug-likeness (QED) is 0.474. The fourth-order valence-electron chi connectivity index (χ4n) is 5.95. The van der Waals surface area contributed by atoms with Gasteiger partial charge in [0.25, 0.3) is 0 Å². The first kappa shape index (κ1) is 19.2. The van der Waals surface area contributed by atoms with Gasteiger partial charge in [-0.2, -0.15) is 0 Å². The van der Waals surface area contributed by atoms with E-state index < -0.39 is 0 Å². The summed E-state index contributed by atoms with van der Waals surface area (Å²) < 4.78 is 5.98. The molecule has 0 N–H and O–H groups in total. The van der Waals surface area contributed by atoms with Gasteiger partial charge < -0.3 is 4.74 Å². The summed E-state index contributed by atoms with van der Waals surface area (Å²) >= 11 is 0. The molecule has 0 unspecified atom stereocenters. The third-order valence-electron chi connectivity index (χ3n) is 7.68. The first-order valence-corrected chi connectivity index (χ1v) is 11.2. The van der Waals surface area contributed by atoms with Gasteiger partial charge in [0.1, 0.15) is 0 Å². The van der Waals surface area contributed by atoms with Gasteiger partial charge in [-0.3, -0.25) is 0 Å². The normalized spacial score (nSPS) is 40.2. The van der Waals surface area contributed by atoms with E-state index in [-0.39, 0.29) is 0 Å². The number of allylic oxidation sites excluding steroid dienone is 2. The molecule has 3 aliphatic rings. The largest absolute Gasteiger partial charge is 0.374 e. The topological polar surface area (TPSA) is 9.23 Å². The minimum absolute atomic E-state index is 0.531. The fraction of sp³-hybridized carbons (Fsp3) is 0.833. The summed E-state index contributed by atoms with van der Waals surface area (Å²) in [5, 5.41) is 0. The Hall–Kier alpha value is -0.560. The minimum Gasteiger partial charge on any atom is -0.374 e. The van der Waals surface area contributed by atoms with Crippen LogP contribution in [0.25, 0.3) is 0 Å². The zero-order chi connectivity index (χ0) is 17.5. The Balaban J connectivity index is 1.35. The molecule has 0 atom stereocenters. The molecule has 1 nitrogen and oxygen atoms in total. The van der Waals surface area contributed by atoms with Crippen LogP contribution in [0.4, 0.5) is 0 Å². The van der Waals surface area contributed by atoms with E-state index in [0.29, 0.717) is 6.10 Å². The molecule has 25 heavy (non-hydrogen) atoms. The maximum absolute atomic E-state index is 5.98. The van der Waals surface area contributed by atoms with Gasteiger partial charge in [-0.25, -0.2) is 0 Å². The lowest BCUT2D eigenvalue weighted by atomic mass is 9.65. The second-order valence-electron chi connectivity index (χ2n) is 9.02. The monoisotopic (exact) mass is 344 g/mol. The molecule has 0 saturated heterocycles. The van der Waals surface area contributed by atoms with Crippen LogP contribution in [0.1, 0.15) is 84.0 Å². The van der Waals surface area contributed by atoms with Crippen molar-refractivity contribution in [3.8, 4) is 0 Å². The second-order valence-corrected chi connectivity index (χ2v) is 9.02. The lowest BCUT2D eigenvalue weighted by Crippen LogP contribution is -2.31. The van der Waals surface area contributed by atoms with E-state index in [1.807, 2.05) is 0 Å². The van der Waals surface area contributed by atoms with Crippen LogP contribution in [0, 0.1) is 29.6 Å². The number of hydrogen-bond acceptors (Lipinski definition) is 1. The standard InChI is InChI=1S/C24H40O/c1-3-5-18-25-24-16-14-23(15-17-24)22-12-10-21(11-13-22)20-8-6-19(4-2)7-9-20/h3-5,19-24H,2,6-18H2,1H3/b5-3+. The highest BCUT2D eigenvalue weighted by Crippen LogP contribution is 2.45. The molecule has 0 bridgehead atoms. The average molecular weight is 345 g/mol. The highest BCUT2D eigenvalue weighted by atomic mass is 16.5. The first-order valence-electron chi connectivity index (χ1n) is 11.2. The zero-order valence-corrected chi connectivity index (χ0v) is 16.5. The number of rotatable bonds is 6. The van der Waals surface area contributed by atoms with Gasteiger partial charge in [-0.1, -0.05) is 18.2 Å². The van der Waals surface area contributed by atoms with Gasteiger partial charge in [0.15, 0.2) is 0 Å². The lowest BCUT2D eigenvalue weighted by Gasteiger charge is -2.41. The molecule has 142 valence electrons. The van der Waals surface area contributed by atoms with Crippen LogP contribution in [0.3, 0.4) is 0 Å². The van der Waals surface area contributed by atoms with E-state index in [1.165, 1.54) is 77.0 Å². The first-order chi connectivity index (χ1) is 12.3.